The molecule has 1 amide bonds. The van der Waals surface area contributed by atoms with Gasteiger partial charge in [0.05, 0.1) is 13.2 Å². The molecule has 2 aromatic carbocycles. The lowest BCUT2D eigenvalue weighted by atomic mass is 9.82. The van der Waals surface area contributed by atoms with Crippen LogP contribution >= 0.6 is 0 Å². The first-order chi connectivity index (χ1) is 17.4. The molecule has 0 aliphatic rings. The van der Waals surface area contributed by atoms with Crippen molar-refractivity contribution in [3.8, 4) is 0 Å². The van der Waals surface area contributed by atoms with Crippen LogP contribution in [0.1, 0.15) is 69.7 Å². The Morgan fingerprint density at radius 2 is 1.49 bits per heavy atom. The van der Waals surface area contributed by atoms with Crippen molar-refractivity contribution in [3.63, 3.8) is 0 Å². The molecule has 0 saturated heterocycles. The molecular weight excluding hydrogens is 484 g/mol. The molecule has 0 spiro atoms. The molecule has 0 fully saturated rings. The smallest absolute Gasteiger partial charge is 0.408 e. The highest BCUT2D eigenvalue weighted by atomic mass is 19.1. The van der Waals surface area contributed by atoms with Crippen LogP contribution in [0, 0.1) is 11.6 Å². The highest BCUT2D eigenvalue weighted by Crippen LogP contribution is 2.36. The molecule has 7 nitrogen and oxygen atoms in total. The summed E-state index contributed by atoms with van der Waals surface area (Å²) in [4.78, 5) is 25.1. The molecule has 0 bridgehead atoms. The van der Waals surface area contributed by atoms with Gasteiger partial charge >= 0.3 is 12.1 Å². The molecule has 0 saturated carbocycles. The molecule has 3 atom stereocenters. The zero-order valence-electron chi connectivity index (χ0n) is 22.5. The van der Waals surface area contributed by atoms with E-state index in [2.05, 4.69) is 5.32 Å². The normalized spacial score (nSPS) is 14.0. The summed E-state index contributed by atoms with van der Waals surface area (Å²) in [5.41, 5.74) is 1.71. The Morgan fingerprint density at radius 3 is 1.97 bits per heavy atom. The Labute approximate surface area is 217 Å². The highest BCUT2D eigenvalue weighted by molar-refractivity contribution is 5.81. The van der Waals surface area contributed by atoms with Gasteiger partial charge in [-0.05, 0) is 88.1 Å². The number of esters is 1. The van der Waals surface area contributed by atoms with Gasteiger partial charge in [-0.2, -0.15) is 0 Å². The lowest BCUT2D eigenvalue weighted by molar-refractivity contribution is -0.150. The number of ether oxygens (including phenoxy) is 4. The summed E-state index contributed by atoms with van der Waals surface area (Å²) in [7, 11) is 1.50. The minimum Gasteiger partial charge on any atom is -0.460 e. The summed E-state index contributed by atoms with van der Waals surface area (Å²) in [5, 5.41) is 2.47. The number of amides is 1. The van der Waals surface area contributed by atoms with E-state index in [4.69, 9.17) is 18.9 Å². The van der Waals surface area contributed by atoms with E-state index in [0.29, 0.717) is 28.9 Å². The van der Waals surface area contributed by atoms with E-state index in [0.717, 1.165) is 0 Å². The van der Waals surface area contributed by atoms with Crippen molar-refractivity contribution in [2.75, 3.05) is 13.7 Å². The number of halogens is 2. The predicted octanol–water partition coefficient (Wildman–Crippen LogP) is 5.62. The third-order valence-electron chi connectivity index (χ3n) is 5.50. The summed E-state index contributed by atoms with van der Waals surface area (Å²) < 4.78 is 50.2. The van der Waals surface area contributed by atoms with Crippen molar-refractivity contribution >= 4 is 12.1 Å². The maximum absolute atomic E-state index is 14.2. The van der Waals surface area contributed by atoms with Crippen molar-refractivity contribution in [2.24, 2.45) is 0 Å². The van der Waals surface area contributed by atoms with E-state index in [1.165, 1.54) is 38.3 Å². The summed E-state index contributed by atoms with van der Waals surface area (Å²) in [6.45, 7) is 10.8. The van der Waals surface area contributed by atoms with Crippen LogP contribution in [0.4, 0.5) is 13.6 Å². The fourth-order valence-electron chi connectivity index (χ4n) is 3.94. The first kappa shape index (κ1) is 30.2. The molecule has 9 heteroatoms. The van der Waals surface area contributed by atoms with E-state index in [9.17, 15) is 18.4 Å². The van der Waals surface area contributed by atoms with Crippen LogP contribution < -0.4 is 5.32 Å². The maximum Gasteiger partial charge on any atom is 0.408 e. The Hall–Kier alpha value is -3.04. The number of carbonyl (C=O) groups excluding carboxylic acids is 2. The van der Waals surface area contributed by atoms with E-state index >= 15 is 0 Å². The molecule has 0 aromatic heterocycles. The summed E-state index contributed by atoms with van der Waals surface area (Å²) in [6, 6.07) is 7.58. The van der Waals surface area contributed by atoms with Crippen LogP contribution in [-0.2, 0) is 37.0 Å². The fraction of sp³-hybridized carbons (Fsp3) is 0.500. The van der Waals surface area contributed by atoms with Gasteiger partial charge in [0.1, 0.15) is 29.4 Å². The number of hydrogen-bond acceptors (Lipinski definition) is 6. The molecule has 2 aromatic rings. The Balaban J connectivity index is 2.45. The summed E-state index contributed by atoms with van der Waals surface area (Å²) in [6.07, 6.45) is -1.54. The van der Waals surface area contributed by atoms with Gasteiger partial charge in [-0.15, -0.1) is 0 Å². The molecule has 0 heterocycles. The van der Waals surface area contributed by atoms with E-state index < -0.39 is 47.4 Å². The molecule has 1 N–H and O–H groups in total. The van der Waals surface area contributed by atoms with Gasteiger partial charge in [0.15, 0.2) is 0 Å². The number of carbonyl (C=O) groups is 2. The first-order valence-electron chi connectivity index (χ1n) is 12.2. The quantitative estimate of drug-likeness (QED) is 0.386. The Bertz CT molecular complexity index is 1070. The zero-order valence-corrected chi connectivity index (χ0v) is 22.5. The molecule has 37 heavy (non-hydrogen) atoms. The second-order valence-electron chi connectivity index (χ2n) is 9.74. The topological polar surface area (TPSA) is 83.1 Å². The average molecular weight is 522 g/mol. The van der Waals surface area contributed by atoms with Crippen LogP contribution in [0.2, 0.25) is 0 Å². The van der Waals surface area contributed by atoms with Gasteiger partial charge in [-0.1, -0.05) is 12.1 Å². The van der Waals surface area contributed by atoms with Gasteiger partial charge < -0.3 is 24.3 Å². The number of hydrogen-bond donors (Lipinski definition) is 1. The van der Waals surface area contributed by atoms with Gasteiger partial charge in [0.25, 0.3) is 0 Å². The number of nitrogens with one attached hydrogen (secondary N) is 1. The molecular formula is C28H37F2NO6. The minimum atomic E-state index is -0.999. The third kappa shape index (κ3) is 9.09. The highest BCUT2D eigenvalue weighted by Gasteiger charge is 2.31. The average Bonchev–Trinajstić information content (AvgIpc) is 2.79. The van der Waals surface area contributed by atoms with Crippen LogP contribution in [0.3, 0.4) is 0 Å². The van der Waals surface area contributed by atoms with Gasteiger partial charge in [0.2, 0.25) is 0 Å². The maximum atomic E-state index is 14.2. The molecule has 0 aliphatic carbocycles. The van der Waals surface area contributed by atoms with E-state index in [-0.39, 0.29) is 13.2 Å². The fourth-order valence-corrected chi connectivity index (χ4v) is 3.94. The summed E-state index contributed by atoms with van der Waals surface area (Å²) >= 11 is 0. The van der Waals surface area contributed by atoms with Crippen LogP contribution in [0.15, 0.2) is 36.4 Å². The zero-order chi connectivity index (χ0) is 27.8. The van der Waals surface area contributed by atoms with Crippen molar-refractivity contribution in [1.82, 2.24) is 5.32 Å². The van der Waals surface area contributed by atoms with Gasteiger partial charge in [-0.25, -0.2) is 18.4 Å². The van der Waals surface area contributed by atoms with Crippen LogP contribution in [0.5, 0.6) is 0 Å². The lowest BCUT2D eigenvalue weighted by Gasteiger charge is -2.30. The van der Waals surface area contributed by atoms with E-state index in [1.54, 1.807) is 39.8 Å². The second kappa shape index (κ2) is 13.5. The van der Waals surface area contributed by atoms with Gasteiger partial charge in [0, 0.05) is 19.6 Å². The van der Waals surface area contributed by atoms with Crippen molar-refractivity contribution < 1.29 is 37.3 Å². The molecule has 1 unspecified atom stereocenters. The number of alkyl carbamates (subject to hydrolysis) is 1. The van der Waals surface area contributed by atoms with Gasteiger partial charge in [-0.3, -0.25) is 0 Å². The molecule has 2 rings (SSSR count). The monoisotopic (exact) mass is 521 g/mol. The number of benzene rings is 2. The molecule has 0 radical (unpaired) electrons. The molecule has 204 valence electrons. The second-order valence-corrected chi connectivity index (χ2v) is 9.74. The van der Waals surface area contributed by atoms with Crippen molar-refractivity contribution in [3.05, 3.63) is 70.3 Å². The first-order valence-corrected chi connectivity index (χ1v) is 12.2. The predicted molar refractivity (Wildman–Crippen MR) is 135 cm³/mol. The van der Waals surface area contributed by atoms with E-state index in [1.807, 2.05) is 6.92 Å². The van der Waals surface area contributed by atoms with Crippen molar-refractivity contribution in [2.45, 2.75) is 78.4 Å². The van der Waals surface area contributed by atoms with Crippen LogP contribution in [0.25, 0.3) is 0 Å². The van der Waals surface area contributed by atoms with Crippen LogP contribution in [-0.4, -0.2) is 43.5 Å². The summed E-state index contributed by atoms with van der Waals surface area (Å²) in [5.74, 6) is -2.18. The SMILES string of the molecule is CCOCc1cc(F)ccc1C(c1ccc(F)cc1COC)[C@H](C)OC(=O)[C@H](C)NC(=O)OC(C)(C)C. The minimum absolute atomic E-state index is 0.114. The lowest BCUT2D eigenvalue weighted by Crippen LogP contribution is -2.43. The largest absolute Gasteiger partial charge is 0.460 e. The Kier molecular flexibility index (Phi) is 11.0. The third-order valence-corrected chi connectivity index (χ3v) is 5.50. The molecule has 0 aliphatic heterocycles. The number of methoxy groups -OCH3 is 1. The number of rotatable bonds is 11. The standard InChI is InChI=1S/C28H37F2NO6/c1-8-35-16-20-14-22(30)10-12-24(20)25(23-11-9-21(29)13-19(23)15-34-7)18(3)36-26(32)17(2)31-27(33)37-28(4,5)6/h9-14,17-18,25H,8,15-16H2,1-7H3,(H,31,33)/t17-,18-,25?/m0/s1. The Morgan fingerprint density at radius 1 is 0.946 bits per heavy atom. The van der Waals surface area contributed by atoms with Crippen molar-refractivity contribution in [1.29, 1.82) is 0 Å².